The quantitative estimate of drug-likeness (QED) is 0.630. The molecule has 0 aliphatic heterocycles. The predicted molar refractivity (Wildman–Crippen MR) is 78.5 cm³/mol. The van der Waals surface area contributed by atoms with Gasteiger partial charge < -0.3 is 5.32 Å². The molecule has 2 atom stereocenters. The van der Waals surface area contributed by atoms with Crippen LogP contribution in [0, 0.1) is 5.92 Å². The van der Waals surface area contributed by atoms with E-state index in [0.29, 0.717) is 12.1 Å². The highest BCUT2D eigenvalue weighted by Gasteiger charge is 2.17. The summed E-state index contributed by atoms with van der Waals surface area (Å²) >= 11 is 0. The van der Waals surface area contributed by atoms with Crippen LogP contribution in [0.2, 0.25) is 0 Å². The van der Waals surface area contributed by atoms with Crippen molar-refractivity contribution in [3.63, 3.8) is 0 Å². The number of nitrogens with one attached hydrogen (secondary N) is 1. The van der Waals surface area contributed by atoms with Gasteiger partial charge in [0.15, 0.2) is 0 Å². The molecular formula is C15H34N2. The number of rotatable bonds is 10. The molecular weight excluding hydrogens is 208 g/mol. The molecule has 0 bridgehead atoms. The lowest BCUT2D eigenvalue weighted by Crippen LogP contribution is -2.46. The molecule has 0 aromatic heterocycles. The highest BCUT2D eigenvalue weighted by molar-refractivity contribution is 4.74. The minimum Gasteiger partial charge on any atom is -0.315 e. The Balaban J connectivity index is 4.07. The van der Waals surface area contributed by atoms with Gasteiger partial charge in [-0.05, 0) is 45.7 Å². The van der Waals surface area contributed by atoms with Crippen molar-refractivity contribution in [3.05, 3.63) is 0 Å². The molecule has 2 nitrogen and oxygen atoms in total. The summed E-state index contributed by atoms with van der Waals surface area (Å²) in [7, 11) is 0. The van der Waals surface area contributed by atoms with Crippen molar-refractivity contribution in [1.29, 1.82) is 0 Å². The van der Waals surface area contributed by atoms with E-state index in [9.17, 15) is 0 Å². The van der Waals surface area contributed by atoms with Crippen LogP contribution in [-0.4, -0.2) is 36.6 Å². The van der Waals surface area contributed by atoms with Gasteiger partial charge in [0.2, 0.25) is 0 Å². The Kier molecular flexibility index (Phi) is 9.85. The lowest BCUT2D eigenvalue weighted by Gasteiger charge is -2.34. The fourth-order valence-electron chi connectivity index (χ4n) is 2.15. The Hall–Kier alpha value is -0.0800. The zero-order chi connectivity index (χ0) is 13.3. The van der Waals surface area contributed by atoms with Crippen molar-refractivity contribution in [2.24, 2.45) is 5.92 Å². The van der Waals surface area contributed by atoms with Crippen LogP contribution in [0.15, 0.2) is 0 Å². The Bertz CT molecular complexity index is 168. The molecule has 0 aromatic rings. The average molecular weight is 242 g/mol. The van der Waals surface area contributed by atoms with Crippen LogP contribution in [0.25, 0.3) is 0 Å². The van der Waals surface area contributed by atoms with Crippen LogP contribution in [0.1, 0.15) is 60.8 Å². The largest absolute Gasteiger partial charge is 0.315 e. The number of hydrogen-bond donors (Lipinski definition) is 1. The normalized spacial score (nSPS) is 15.5. The maximum Gasteiger partial charge on any atom is 0.0195 e. The van der Waals surface area contributed by atoms with E-state index in [4.69, 9.17) is 0 Å². The van der Waals surface area contributed by atoms with Gasteiger partial charge in [0.05, 0.1) is 0 Å². The molecule has 0 saturated heterocycles. The monoisotopic (exact) mass is 242 g/mol. The Labute approximate surface area is 109 Å². The van der Waals surface area contributed by atoms with Crippen LogP contribution in [-0.2, 0) is 0 Å². The fourth-order valence-corrected chi connectivity index (χ4v) is 2.15. The van der Waals surface area contributed by atoms with Gasteiger partial charge in [0.25, 0.3) is 0 Å². The highest BCUT2D eigenvalue weighted by Crippen LogP contribution is 2.10. The second-order valence-electron chi connectivity index (χ2n) is 5.75. The Morgan fingerprint density at radius 2 is 1.59 bits per heavy atom. The molecule has 0 amide bonds. The van der Waals surface area contributed by atoms with Crippen molar-refractivity contribution in [2.75, 3.05) is 19.6 Å². The van der Waals surface area contributed by atoms with Gasteiger partial charge in [-0.3, -0.25) is 4.90 Å². The first-order valence-electron chi connectivity index (χ1n) is 7.49. The average Bonchev–Trinajstić information content (AvgIpc) is 2.28. The minimum absolute atomic E-state index is 0.648. The number of nitrogens with zero attached hydrogens (tertiary/aromatic N) is 1. The molecule has 0 aliphatic rings. The van der Waals surface area contributed by atoms with E-state index in [1.54, 1.807) is 0 Å². The van der Waals surface area contributed by atoms with E-state index >= 15 is 0 Å². The first-order valence-corrected chi connectivity index (χ1v) is 7.49. The number of hydrogen-bond acceptors (Lipinski definition) is 2. The summed E-state index contributed by atoms with van der Waals surface area (Å²) in [5.41, 5.74) is 0. The summed E-state index contributed by atoms with van der Waals surface area (Å²) in [5.74, 6) is 0.745. The Morgan fingerprint density at radius 1 is 0.941 bits per heavy atom. The summed E-state index contributed by atoms with van der Waals surface area (Å²) in [5, 5.41) is 3.58. The molecule has 17 heavy (non-hydrogen) atoms. The maximum atomic E-state index is 3.58. The van der Waals surface area contributed by atoms with Crippen molar-refractivity contribution in [2.45, 2.75) is 72.9 Å². The van der Waals surface area contributed by atoms with Gasteiger partial charge in [-0.2, -0.15) is 0 Å². The summed E-state index contributed by atoms with van der Waals surface area (Å²) < 4.78 is 0. The summed E-state index contributed by atoms with van der Waals surface area (Å²) in [6.45, 7) is 17.3. The van der Waals surface area contributed by atoms with E-state index in [-0.39, 0.29) is 0 Å². The number of unbranched alkanes of at least 4 members (excludes halogenated alkanes) is 1. The summed E-state index contributed by atoms with van der Waals surface area (Å²) in [6, 6.07) is 1.35. The molecule has 0 aliphatic carbocycles. The van der Waals surface area contributed by atoms with Crippen LogP contribution in [0.5, 0.6) is 0 Å². The second kappa shape index (κ2) is 9.90. The molecule has 0 heterocycles. The third-order valence-corrected chi connectivity index (χ3v) is 3.49. The van der Waals surface area contributed by atoms with E-state index in [1.165, 1.54) is 25.8 Å². The van der Waals surface area contributed by atoms with Crippen LogP contribution in [0.4, 0.5) is 0 Å². The summed E-state index contributed by atoms with van der Waals surface area (Å²) in [6.07, 6.45) is 3.86. The van der Waals surface area contributed by atoms with Crippen LogP contribution in [0.3, 0.4) is 0 Å². The summed E-state index contributed by atoms with van der Waals surface area (Å²) in [4.78, 5) is 2.66. The molecule has 0 spiro atoms. The van der Waals surface area contributed by atoms with Gasteiger partial charge >= 0.3 is 0 Å². The van der Waals surface area contributed by atoms with Crippen molar-refractivity contribution >= 4 is 0 Å². The lowest BCUT2D eigenvalue weighted by atomic mass is 10.1. The zero-order valence-electron chi connectivity index (χ0n) is 12.9. The molecule has 0 fully saturated rings. The van der Waals surface area contributed by atoms with Crippen molar-refractivity contribution in [3.8, 4) is 0 Å². The lowest BCUT2D eigenvalue weighted by molar-refractivity contribution is 0.144. The SMILES string of the molecule is CCCCN(C(C)CC)C(C)CNCC(C)C. The molecule has 104 valence electrons. The molecule has 0 saturated carbocycles. The molecule has 0 rings (SSSR count). The third-order valence-electron chi connectivity index (χ3n) is 3.49. The first kappa shape index (κ1) is 16.9. The molecule has 1 N–H and O–H groups in total. The van der Waals surface area contributed by atoms with Crippen molar-refractivity contribution < 1.29 is 0 Å². The van der Waals surface area contributed by atoms with Crippen LogP contribution >= 0.6 is 0 Å². The predicted octanol–water partition coefficient (Wildman–Crippen LogP) is 3.52. The molecule has 0 aromatic carbocycles. The molecule has 2 heteroatoms. The van der Waals surface area contributed by atoms with Gasteiger partial charge in [0, 0.05) is 18.6 Å². The van der Waals surface area contributed by atoms with E-state index < -0.39 is 0 Å². The maximum absolute atomic E-state index is 3.58. The van der Waals surface area contributed by atoms with Gasteiger partial charge in [-0.15, -0.1) is 0 Å². The fraction of sp³-hybridized carbons (Fsp3) is 1.00. The zero-order valence-corrected chi connectivity index (χ0v) is 12.9. The molecule has 2 unspecified atom stereocenters. The van der Waals surface area contributed by atoms with Crippen molar-refractivity contribution in [1.82, 2.24) is 10.2 Å². The van der Waals surface area contributed by atoms with Gasteiger partial charge in [-0.25, -0.2) is 0 Å². The second-order valence-corrected chi connectivity index (χ2v) is 5.75. The molecule has 0 radical (unpaired) electrons. The topological polar surface area (TPSA) is 15.3 Å². The van der Waals surface area contributed by atoms with E-state index in [1.807, 2.05) is 0 Å². The standard InChI is InChI=1S/C15H34N2/c1-7-9-10-17(14(5)8-2)15(6)12-16-11-13(3)4/h13-16H,7-12H2,1-6H3. The smallest absolute Gasteiger partial charge is 0.0195 e. The minimum atomic E-state index is 0.648. The van der Waals surface area contributed by atoms with E-state index in [2.05, 4.69) is 51.8 Å². The highest BCUT2D eigenvalue weighted by atomic mass is 15.2. The van der Waals surface area contributed by atoms with Gasteiger partial charge in [0.1, 0.15) is 0 Å². The third kappa shape index (κ3) is 7.77. The first-order chi connectivity index (χ1) is 8.02. The Morgan fingerprint density at radius 3 is 2.06 bits per heavy atom. The van der Waals surface area contributed by atoms with Gasteiger partial charge in [-0.1, -0.05) is 34.1 Å². The van der Waals surface area contributed by atoms with E-state index in [0.717, 1.165) is 19.0 Å². The van der Waals surface area contributed by atoms with Crippen LogP contribution < -0.4 is 5.32 Å².